The van der Waals surface area contributed by atoms with Crippen LogP contribution >= 0.6 is 22.7 Å². The molecule has 1 aromatic carbocycles. The van der Waals surface area contributed by atoms with Gasteiger partial charge in [0.05, 0.1) is 18.8 Å². The summed E-state index contributed by atoms with van der Waals surface area (Å²) < 4.78 is 32.9. The number of amides is 2. The van der Waals surface area contributed by atoms with E-state index in [9.17, 15) is 18.0 Å². The first-order valence-corrected chi connectivity index (χ1v) is 16.3. The minimum atomic E-state index is -3.48. The lowest BCUT2D eigenvalue weighted by atomic mass is 10.1. The summed E-state index contributed by atoms with van der Waals surface area (Å²) in [4.78, 5) is 30.3. The van der Waals surface area contributed by atoms with Crippen molar-refractivity contribution in [1.29, 1.82) is 0 Å². The second-order valence-electron chi connectivity index (χ2n) is 10.2. The third kappa shape index (κ3) is 11.5. The van der Waals surface area contributed by atoms with Crippen molar-refractivity contribution in [3.8, 4) is 0 Å². The van der Waals surface area contributed by atoms with Gasteiger partial charge in [0.25, 0.3) is 0 Å². The van der Waals surface area contributed by atoms with Gasteiger partial charge in [-0.15, -0.1) is 22.7 Å². The average molecular weight is 592 g/mol. The summed E-state index contributed by atoms with van der Waals surface area (Å²) in [5.74, 6) is -0.289. The maximum absolute atomic E-state index is 13.8. The van der Waals surface area contributed by atoms with Gasteiger partial charge < -0.3 is 15.0 Å². The number of hydrogen-bond donors (Lipinski definition) is 2. The number of carbonyl (C=O) groups is 2. The van der Waals surface area contributed by atoms with Crippen LogP contribution in [0.2, 0.25) is 0 Å². The molecule has 11 heteroatoms. The van der Waals surface area contributed by atoms with Crippen molar-refractivity contribution in [2.45, 2.75) is 70.5 Å². The number of rotatable bonds is 14. The molecule has 0 aliphatic carbocycles. The standard InChI is InChI=1S/C28H37N3O5S3/c1-28(2,3)36-27(33)30-25(15-7-8-16-29-39(34,35)21-22-11-5-4-6-12-22)26(32)31(19-23-13-9-17-37-23)20-24-14-10-18-38-24/h4-6,9-14,17-18,25,29H,7-8,15-16,19-21H2,1-3H3,(H,30,33)/t25-/m0/s1. The summed E-state index contributed by atoms with van der Waals surface area (Å²) in [5.41, 5.74) is 0.0105. The second kappa shape index (κ2) is 14.6. The Morgan fingerprint density at radius 2 is 1.54 bits per heavy atom. The quantitative estimate of drug-likeness (QED) is 0.240. The van der Waals surface area contributed by atoms with Crippen molar-refractivity contribution in [3.05, 3.63) is 80.7 Å². The zero-order valence-electron chi connectivity index (χ0n) is 22.6. The van der Waals surface area contributed by atoms with Gasteiger partial charge in [-0.3, -0.25) is 4.79 Å². The molecule has 0 saturated carbocycles. The molecule has 8 nitrogen and oxygen atoms in total. The van der Waals surface area contributed by atoms with E-state index in [0.29, 0.717) is 37.9 Å². The summed E-state index contributed by atoms with van der Waals surface area (Å²) in [7, 11) is -3.48. The number of nitrogens with one attached hydrogen (secondary N) is 2. The van der Waals surface area contributed by atoms with Gasteiger partial charge in [-0.05, 0) is 68.5 Å². The first-order valence-electron chi connectivity index (χ1n) is 12.8. The van der Waals surface area contributed by atoms with Crippen molar-refractivity contribution in [2.24, 2.45) is 0 Å². The van der Waals surface area contributed by atoms with E-state index in [4.69, 9.17) is 4.74 Å². The normalized spacial score (nSPS) is 12.6. The molecular weight excluding hydrogens is 555 g/mol. The molecular formula is C28H37N3O5S3. The molecule has 39 heavy (non-hydrogen) atoms. The lowest BCUT2D eigenvalue weighted by molar-refractivity contribution is -0.134. The predicted molar refractivity (Wildman–Crippen MR) is 157 cm³/mol. The van der Waals surface area contributed by atoms with Crippen LogP contribution in [0.4, 0.5) is 4.79 Å². The summed E-state index contributed by atoms with van der Waals surface area (Å²) in [6.45, 7) is 6.41. The van der Waals surface area contributed by atoms with E-state index in [1.54, 1.807) is 72.6 Å². The molecule has 0 aliphatic rings. The van der Waals surface area contributed by atoms with Gasteiger partial charge in [-0.2, -0.15) is 0 Å². The Bertz CT molecular complexity index is 1220. The molecule has 3 rings (SSSR count). The van der Waals surface area contributed by atoms with Crippen LogP contribution in [0.15, 0.2) is 65.4 Å². The molecule has 2 amide bonds. The van der Waals surface area contributed by atoms with Gasteiger partial charge in [0, 0.05) is 16.3 Å². The zero-order chi connectivity index (χ0) is 28.3. The number of sulfonamides is 1. The largest absolute Gasteiger partial charge is 0.444 e. The van der Waals surface area contributed by atoms with E-state index in [1.807, 2.05) is 41.1 Å². The van der Waals surface area contributed by atoms with Gasteiger partial charge in [0.2, 0.25) is 15.9 Å². The van der Waals surface area contributed by atoms with Crippen molar-refractivity contribution in [3.63, 3.8) is 0 Å². The number of alkyl carbamates (subject to hydrolysis) is 1. The summed E-state index contributed by atoms with van der Waals surface area (Å²) in [5, 5.41) is 6.71. The number of benzene rings is 1. The van der Waals surface area contributed by atoms with E-state index >= 15 is 0 Å². The summed E-state index contributed by atoms with van der Waals surface area (Å²) >= 11 is 3.15. The van der Waals surface area contributed by atoms with Gasteiger partial charge in [0.1, 0.15) is 11.6 Å². The van der Waals surface area contributed by atoms with Gasteiger partial charge in [0.15, 0.2) is 0 Å². The molecule has 2 heterocycles. The molecule has 1 atom stereocenters. The maximum atomic E-state index is 13.8. The molecule has 0 spiro atoms. The summed E-state index contributed by atoms with van der Waals surface area (Å²) in [6.07, 6.45) is 0.746. The Morgan fingerprint density at radius 3 is 2.08 bits per heavy atom. The Labute approximate surface area is 239 Å². The van der Waals surface area contributed by atoms with Gasteiger partial charge in [-0.1, -0.05) is 42.5 Å². The molecule has 0 radical (unpaired) electrons. The van der Waals surface area contributed by atoms with Crippen LogP contribution in [-0.4, -0.2) is 43.5 Å². The van der Waals surface area contributed by atoms with E-state index in [1.165, 1.54) is 0 Å². The van der Waals surface area contributed by atoms with Crippen LogP contribution in [0.3, 0.4) is 0 Å². The fraction of sp³-hybridized carbons (Fsp3) is 0.429. The van der Waals surface area contributed by atoms with Gasteiger partial charge in [-0.25, -0.2) is 17.9 Å². The van der Waals surface area contributed by atoms with Crippen LogP contribution in [0, 0.1) is 0 Å². The average Bonchev–Trinajstić information content (AvgIpc) is 3.56. The van der Waals surface area contributed by atoms with Crippen LogP contribution < -0.4 is 10.0 Å². The number of carbonyl (C=O) groups excluding carboxylic acids is 2. The first-order chi connectivity index (χ1) is 18.5. The molecule has 0 aliphatic heterocycles. The molecule has 2 aromatic heterocycles. The molecule has 2 N–H and O–H groups in total. The van der Waals surface area contributed by atoms with Crippen LogP contribution in [0.25, 0.3) is 0 Å². The third-order valence-electron chi connectivity index (χ3n) is 5.60. The summed E-state index contributed by atoms with van der Waals surface area (Å²) in [6, 6.07) is 16.1. The minimum Gasteiger partial charge on any atom is -0.444 e. The molecule has 0 unspecified atom stereocenters. The number of hydrogen-bond acceptors (Lipinski definition) is 7. The third-order valence-corrected chi connectivity index (χ3v) is 8.68. The van der Waals surface area contributed by atoms with Crippen molar-refractivity contribution in [2.75, 3.05) is 6.54 Å². The highest BCUT2D eigenvalue weighted by Gasteiger charge is 2.28. The van der Waals surface area contributed by atoms with Crippen LogP contribution in [0.5, 0.6) is 0 Å². The van der Waals surface area contributed by atoms with E-state index in [0.717, 1.165) is 9.75 Å². The van der Waals surface area contributed by atoms with Crippen molar-refractivity contribution < 1.29 is 22.7 Å². The Kier molecular flexibility index (Phi) is 11.5. The van der Waals surface area contributed by atoms with E-state index < -0.39 is 27.8 Å². The number of ether oxygens (including phenoxy) is 1. The highest BCUT2D eigenvalue weighted by atomic mass is 32.2. The maximum Gasteiger partial charge on any atom is 0.408 e. The lowest BCUT2D eigenvalue weighted by Gasteiger charge is -2.28. The predicted octanol–water partition coefficient (Wildman–Crippen LogP) is 5.52. The fourth-order valence-corrected chi connectivity index (χ4v) is 6.49. The van der Waals surface area contributed by atoms with Crippen LogP contribution in [-0.2, 0) is 38.4 Å². The molecule has 0 bridgehead atoms. The second-order valence-corrected chi connectivity index (χ2v) is 14.1. The highest BCUT2D eigenvalue weighted by Crippen LogP contribution is 2.19. The van der Waals surface area contributed by atoms with Crippen molar-refractivity contribution in [1.82, 2.24) is 14.9 Å². The number of unbranched alkanes of at least 4 members (excludes halogenated alkanes) is 1. The van der Waals surface area contributed by atoms with E-state index in [-0.39, 0.29) is 18.2 Å². The monoisotopic (exact) mass is 591 g/mol. The highest BCUT2D eigenvalue weighted by molar-refractivity contribution is 7.88. The van der Waals surface area contributed by atoms with Crippen molar-refractivity contribution >= 4 is 44.7 Å². The molecule has 212 valence electrons. The fourth-order valence-electron chi connectivity index (χ4n) is 3.87. The Hall–Kier alpha value is -2.73. The zero-order valence-corrected chi connectivity index (χ0v) is 25.0. The van der Waals surface area contributed by atoms with E-state index in [2.05, 4.69) is 10.0 Å². The molecule has 0 fully saturated rings. The first kappa shape index (κ1) is 30.8. The number of nitrogens with zero attached hydrogens (tertiary/aromatic N) is 1. The Morgan fingerprint density at radius 1 is 0.923 bits per heavy atom. The SMILES string of the molecule is CC(C)(C)OC(=O)N[C@@H](CCCCNS(=O)(=O)Cc1ccccc1)C(=O)N(Cc1cccs1)Cc1cccs1. The minimum absolute atomic E-state index is 0.0877. The molecule has 0 saturated heterocycles. The Balaban J connectivity index is 1.63. The lowest BCUT2D eigenvalue weighted by Crippen LogP contribution is -2.49. The van der Waals surface area contributed by atoms with Gasteiger partial charge >= 0.3 is 6.09 Å². The molecule has 3 aromatic rings. The smallest absolute Gasteiger partial charge is 0.408 e. The van der Waals surface area contributed by atoms with Crippen LogP contribution in [0.1, 0.15) is 55.4 Å². The number of thiophene rings is 2. The topological polar surface area (TPSA) is 105 Å².